The maximum Gasteiger partial charge on any atom is 0.329 e. The van der Waals surface area contributed by atoms with Gasteiger partial charge in [0.2, 0.25) is 0 Å². The topological polar surface area (TPSA) is 94.5 Å². The van der Waals surface area contributed by atoms with Gasteiger partial charge in [-0.1, -0.05) is 24.3 Å². The molecule has 8 heteroatoms. The summed E-state index contributed by atoms with van der Waals surface area (Å²) in [5.41, 5.74) is 1.85. The minimum Gasteiger partial charge on any atom is -0.545 e. The van der Waals surface area contributed by atoms with Crippen molar-refractivity contribution in [2.45, 2.75) is 6.54 Å². The van der Waals surface area contributed by atoms with Crippen molar-refractivity contribution in [3.05, 3.63) is 95.2 Å². The summed E-state index contributed by atoms with van der Waals surface area (Å²) in [6.07, 6.45) is 3.22. The summed E-state index contributed by atoms with van der Waals surface area (Å²) in [7, 11) is 0. The number of aromatic nitrogens is 1. The van der Waals surface area contributed by atoms with E-state index in [4.69, 9.17) is 0 Å². The third-order valence-electron chi connectivity index (χ3n) is 4.65. The Balaban J connectivity index is 1.60. The van der Waals surface area contributed by atoms with Gasteiger partial charge in [-0.15, -0.1) is 0 Å². The maximum atomic E-state index is 13.1. The van der Waals surface area contributed by atoms with Crippen molar-refractivity contribution in [1.82, 2.24) is 14.8 Å². The van der Waals surface area contributed by atoms with E-state index in [2.05, 4.69) is 5.32 Å². The predicted molar refractivity (Wildman–Crippen MR) is 104 cm³/mol. The number of carbonyl (C=O) groups is 3. The van der Waals surface area contributed by atoms with Gasteiger partial charge in [0, 0.05) is 17.6 Å². The second-order valence-corrected chi connectivity index (χ2v) is 6.65. The Kier molecular flexibility index (Phi) is 4.89. The molecule has 0 atom stereocenters. The van der Waals surface area contributed by atoms with Crippen LogP contribution in [0.25, 0.3) is 11.8 Å². The third kappa shape index (κ3) is 3.70. The summed E-state index contributed by atoms with van der Waals surface area (Å²) in [5.74, 6) is -2.21. The Labute approximate surface area is 170 Å². The van der Waals surface area contributed by atoms with Crippen LogP contribution in [0.3, 0.4) is 0 Å². The molecule has 1 aliphatic rings. The highest BCUT2D eigenvalue weighted by atomic mass is 19.1. The van der Waals surface area contributed by atoms with E-state index in [1.54, 1.807) is 35.0 Å². The van der Waals surface area contributed by atoms with Gasteiger partial charge in [0.05, 0.1) is 12.5 Å². The average Bonchev–Trinajstić information content (AvgIpc) is 3.30. The molecule has 1 fully saturated rings. The molecule has 3 aromatic rings. The minimum atomic E-state index is -1.29. The lowest BCUT2D eigenvalue weighted by Crippen LogP contribution is -2.30. The summed E-state index contributed by atoms with van der Waals surface area (Å²) >= 11 is 0. The van der Waals surface area contributed by atoms with Crippen molar-refractivity contribution in [2.24, 2.45) is 0 Å². The molecule has 0 aliphatic carbocycles. The fourth-order valence-electron chi connectivity index (χ4n) is 3.17. The van der Waals surface area contributed by atoms with Gasteiger partial charge in [-0.05, 0) is 53.6 Å². The number of amides is 3. The number of aromatic carboxylic acids is 1. The zero-order chi connectivity index (χ0) is 21.3. The summed E-state index contributed by atoms with van der Waals surface area (Å²) in [5, 5.41) is 13.7. The third-order valence-corrected chi connectivity index (χ3v) is 4.65. The molecular formula is C22H15FN3O4-. The van der Waals surface area contributed by atoms with Crippen LogP contribution in [-0.2, 0) is 11.3 Å². The number of nitrogens with one attached hydrogen (secondary N) is 1. The molecule has 0 unspecified atom stereocenters. The number of rotatable bonds is 5. The van der Waals surface area contributed by atoms with Gasteiger partial charge in [0.1, 0.15) is 11.5 Å². The molecule has 2 aromatic carbocycles. The molecule has 0 radical (unpaired) electrons. The molecule has 2 heterocycles. The SMILES string of the molecule is O=C([O-])c1cccc(-n2cccc2/C=C2\NC(=O)N(Cc3ccc(F)cc3)C2=O)c1. The number of urea groups is 1. The van der Waals surface area contributed by atoms with Crippen molar-refractivity contribution in [3.63, 3.8) is 0 Å². The lowest BCUT2D eigenvalue weighted by molar-refractivity contribution is -0.255. The summed E-state index contributed by atoms with van der Waals surface area (Å²) in [6.45, 7) is 0.0109. The van der Waals surface area contributed by atoms with E-state index >= 15 is 0 Å². The van der Waals surface area contributed by atoms with E-state index in [9.17, 15) is 23.9 Å². The molecular weight excluding hydrogens is 389 g/mol. The number of carboxylic acid groups (broad SMARTS) is 1. The molecule has 0 spiro atoms. The summed E-state index contributed by atoms with van der Waals surface area (Å²) in [4.78, 5) is 37.1. The number of carboxylic acids is 1. The Morgan fingerprint density at radius 3 is 2.57 bits per heavy atom. The minimum absolute atomic E-state index is 0.0109. The molecule has 150 valence electrons. The zero-order valence-corrected chi connectivity index (χ0v) is 15.5. The van der Waals surface area contributed by atoms with Crippen LogP contribution in [0.2, 0.25) is 0 Å². The smallest absolute Gasteiger partial charge is 0.329 e. The Bertz CT molecular complexity index is 1180. The lowest BCUT2D eigenvalue weighted by atomic mass is 10.2. The largest absolute Gasteiger partial charge is 0.545 e. The summed E-state index contributed by atoms with van der Waals surface area (Å²) < 4.78 is 14.7. The highest BCUT2D eigenvalue weighted by molar-refractivity contribution is 6.13. The molecule has 1 aliphatic heterocycles. The standard InChI is InChI=1S/C22H16FN3O4/c23-16-8-6-14(7-9-16)13-26-20(27)19(24-22(26)30)12-18-5-2-10-25(18)17-4-1-3-15(11-17)21(28)29/h1-12H,13H2,(H,24,30)(H,28,29)/p-1/b19-12-. The highest BCUT2D eigenvalue weighted by Crippen LogP contribution is 2.20. The van der Waals surface area contributed by atoms with Crippen molar-refractivity contribution < 1.29 is 23.9 Å². The van der Waals surface area contributed by atoms with Gasteiger partial charge in [-0.3, -0.25) is 9.69 Å². The van der Waals surface area contributed by atoms with Crippen LogP contribution < -0.4 is 10.4 Å². The Hall–Kier alpha value is -4.20. The van der Waals surface area contributed by atoms with Crippen LogP contribution in [0.4, 0.5) is 9.18 Å². The van der Waals surface area contributed by atoms with E-state index < -0.39 is 23.7 Å². The molecule has 4 rings (SSSR count). The predicted octanol–water partition coefficient (Wildman–Crippen LogP) is 2.07. The van der Waals surface area contributed by atoms with E-state index in [0.29, 0.717) is 16.9 Å². The zero-order valence-electron chi connectivity index (χ0n) is 15.5. The Morgan fingerprint density at radius 2 is 1.83 bits per heavy atom. The van der Waals surface area contributed by atoms with Gasteiger partial charge in [0.25, 0.3) is 5.91 Å². The van der Waals surface area contributed by atoms with Crippen molar-refractivity contribution in [2.75, 3.05) is 0 Å². The fraction of sp³-hybridized carbons (Fsp3) is 0.0455. The molecule has 1 N–H and O–H groups in total. The number of imide groups is 1. The molecule has 30 heavy (non-hydrogen) atoms. The van der Waals surface area contributed by atoms with Gasteiger partial charge in [-0.25, -0.2) is 9.18 Å². The van der Waals surface area contributed by atoms with E-state index in [0.717, 1.165) is 4.90 Å². The second kappa shape index (κ2) is 7.67. The Morgan fingerprint density at radius 1 is 1.07 bits per heavy atom. The van der Waals surface area contributed by atoms with Crippen molar-refractivity contribution >= 4 is 24.0 Å². The van der Waals surface area contributed by atoms with Crippen molar-refractivity contribution in [3.8, 4) is 5.69 Å². The van der Waals surface area contributed by atoms with Crippen LogP contribution in [-0.4, -0.2) is 27.4 Å². The first-order valence-corrected chi connectivity index (χ1v) is 9.00. The van der Waals surface area contributed by atoms with Crippen LogP contribution in [0.1, 0.15) is 21.6 Å². The molecule has 1 saturated heterocycles. The van der Waals surface area contributed by atoms with Gasteiger partial charge < -0.3 is 19.8 Å². The first-order chi connectivity index (χ1) is 14.4. The van der Waals surface area contributed by atoms with Gasteiger partial charge >= 0.3 is 6.03 Å². The first kappa shape index (κ1) is 19.1. The van der Waals surface area contributed by atoms with Crippen molar-refractivity contribution in [1.29, 1.82) is 0 Å². The quantitative estimate of drug-likeness (QED) is 0.520. The number of nitrogens with zero attached hydrogens (tertiary/aromatic N) is 2. The van der Waals surface area contributed by atoms with Crippen LogP contribution in [0.5, 0.6) is 0 Å². The highest BCUT2D eigenvalue weighted by Gasteiger charge is 2.33. The maximum absolute atomic E-state index is 13.1. The first-order valence-electron chi connectivity index (χ1n) is 9.00. The number of carbonyl (C=O) groups excluding carboxylic acids is 3. The number of hydrogen-bond acceptors (Lipinski definition) is 4. The average molecular weight is 404 g/mol. The molecule has 0 bridgehead atoms. The normalized spacial score (nSPS) is 15.0. The molecule has 1 aromatic heterocycles. The van der Waals surface area contributed by atoms with Gasteiger partial charge in [-0.2, -0.15) is 0 Å². The monoisotopic (exact) mass is 404 g/mol. The van der Waals surface area contributed by atoms with Gasteiger partial charge in [0.15, 0.2) is 0 Å². The van der Waals surface area contributed by atoms with E-state index in [-0.39, 0.29) is 17.8 Å². The number of hydrogen-bond donors (Lipinski definition) is 1. The molecule has 0 saturated carbocycles. The fourth-order valence-corrected chi connectivity index (χ4v) is 3.17. The second-order valence-electron chi connectivity index (χ2n) is 6.65. The molecule has 7 nitrogen and oxygen atoms in total. The van der Waals surface area contributed by atoms with Crippen LogP contribution in [0.15, 0.2) is 72.6 Å². The summed E-state index contributed by atoms with van der Waals surface area (Å²) in [6, 6.07) is 14.6. The number of benzene rings is 2. The van der Waals surface area contributed by atoms with Crippen LogP contribution >= 0.6 is 0 Å². The van der Waals surface area contributed by atoms with E-state index in [1.807, 2.05) is 0 Å². The van der Waals surface area contributed by atoms with Crippen LogP contribution in [0, 0.1) is 5.82 Å². The molecule has 3 amide bonds. The number of halogens is 1. The lowest BCUT2D eigenvalue weighted by Gasteiger charge is -2.11. The van der Waals surface area contributed by atoms with E-state index in [1.165, 1.54) is 42.5 Å².